The van der Waals surface area contributed by atoms with E-state index in [0.717, 1.165) is 44.0 Å². The normalized spacial score (nSPS) is 18.1. The number of hydrogen-bond acceptors (Lipinski definition) is 4. The molecule has 1 N–H and O–H groups in total. The van der Waals surface area contributed by atoms with Gasteiger partial charge >= 0.3 is 0 Å². The third-order valence-corrected chi connectivity index (χ3v) is 4.65. The fourth-order valence-electron chi connectivity index (χ4n) is 3.21. The summed E-state index contributed by atoms with van der Waals surface area (Å²) in [5.74, 6) is 1.15. The Hall–Kier alpha value is -1.69. The van der Waals surface area contributed by atoms with Crippen molar-refractivity contribution in [2.75, 3.05) is 20.3 Å². The lowest BCUT2D eigenvalue weighted by atomic mass is 10.1. The van der Waals surface area contributed by atoms with Crippen molar-refractivity contribution in [2.24, 2.45) is 0 Å². The summed E-state index contributed by atoms with van der Waals surface area (Å²) in [6.45, 7) is 5.97. The molecule has 5 nitrogen and oxygen atoms in total. The Bertz CT molecular complexity index is 636. The molecule has 1 aromatic carbocycles. The minimum atomic E-state index is 0.0993. The van der Waals surface area contributed by atoms with Crippen LogP contribution in [0.3, 0.4) is 0 Å². The van der Waals surface area contributed by atoms with E-state index in [-0.39, 0.29) is 6.61 Å². The maximum absolute atomic E-state index is 9.13. The van der Waals surface area contributed by atoms with Gasteiger partial charge in [-0.3, -0.25) is 4.90 Å². The molecule has 0 amide bonds. The minimum Gasteiger partial charge on any atom is -0.392 e. The highest BCUT2D eigenvalue weighted by Crippen LogP contribution is 2.27. The van der Waals surface area contributed by atoms with Gasteiger partial charge in [-0.15, -0.1) is 0 Å². The van der Waals surface area contributed by atoms with E-state index in [1.807, 2.05) is 18.3 Å². The number of aliphatic hydroxyl groups is 1. The van der Waals surface area contributed by atoms with Gasteiger partial charge in [-0.25, -0.2) is 4.98 Å². The highest BCUT2D eigenvalue weighted by Gasteiger charge is 2.26. The molecule has 3 rings (SSSR count). The van der Waals surface area contributed by atoms with E-state index in [2.05, 4.69) is 33.5 Å². The molecule has 0 fully saturated rings. The van der Waals surface area contributed by atoms with Crippen LogP contribution in [0, 0.1) is 0 Å². The molecule has 124 valence electrons. The Morgan fingerprint density at radius 3 is 2.65 bits per heavy atom. The highest BCUT2D eigenvalue weighted by atomic mass is 16.5. The van der Waals surface area contributed by atoms with Crippen LogP contribution < -0.4 is 0 Å². The molecule has 0 saturated heterocycles. The van der Waals surface area contributed by atoms with Gasteiger partial charge in [0.05, 0.1) is 19.3 Å². The fourth-order valence-corrected chi connectivity index (χ4v) is 3.21. The third-order valence-electron chi connectivity index (χ3n) is 4.65. The fraction of sp³-hybridized carbons (Fsp3) is 0.500. The van der Waals surface area contributed by atoms with Gasteiger partial charge in [0.25, 0.3) is 0 Å². The first-order valence-electron chi connectivity index (χ1n) is 8.19. The van der Waals surface area contributed by atoms with Crippen LogP contribution in [-0.2, 0) is 30.9 Å². The number of ether oxygens (including phenoxy) is 1. The number of nitrogens with zero attached hydrogens (tertiary/aromatic N) is 3. The predicted octanol–water partition coefficient (Wildman–Crippen LogP) is 2.14. The van der Waals surface area contributed by atoms with Gasteiger partial charge in [0.1, 0.15) is 5.82 Å². The average molecular weight is 315 g/mol. The van der Waals surface area contributed by atoms with E-state index >= 15 is 0 Å². The molecule has 0 spiro atoms. The van der Waals surface area contributed by atoms with Crippen LogP contribution >= 0.6 is 0 Å². The lowest BCUT2D eigenvalue weighted by Crippen LogP contribution is -2.37. The minimum absolute atomic E-state index is 0.0993. The molecule has 0 saturated carbocycles. The molecular formula is C18H25N3O2. The van der Waals surface area contributed by atoms with Crippen molar-refractivity contribution in [3.8, 4) is 0 Å². The van der Waals surface area contributed by atoms with Crippen molar-refractivity contribution in [2.45, 2.75) is 39.1 Å². The van der Waals surface area contributed by atoms with E-state index in [9.17, 15) is 0 Å². The number of aromatic nitrogens is 2. The number of aliphatic hydroxyl groups excluding tert-OH is 1. The quantitative estimate of drug-likeness (QED) is 0.887. The summed E-state index contributed by atoms with van der Waals surface area (Å²) >= 11 is 0. The first-order chi connectivity index (χ1) is 11.2. The zero-order chi connectivity index (χ0) is 16.2. The SMILES string of the molecule is COCCc1cnc2n1CCN(Cc1ccc(CO)cc1)[C@@H]2C. The van der Waals surface area contributed by atoms with Gasteiger partial charge in [0.15, 0.2) is 0 Å². The molecular weight excluding hydrogens is 290 g/mol. The molecule has 1 aliphatic rings. The van der Waals surface area contributed by atoms with Gasteiger partial charge in [-0.05, 0) is 18.1 Å². The second-order valence-corrected chi connectivity index (χ2v) is 6.12. The highest BCUT2D eigenvalue weighted by molar-refractivity contribution is 5.22. The van der Waals surface area contributed by atoms with E-state index in [1.54, 1.807) is 7.11 Å². The Morgan fingerprint density at radius 1 is 1.22 bits per heavy atom. The first-order valence-corrected chi connectivity index (χ1v) is 8.19. The largest absolute Gasteiger partial charge is 0.392 e. The topological polar surface area (TPSA) is 50.5 Å². The van der Waals surface area contributed by atoms with Crippen molar-refractivity contribution in [1.29, 1.82) is 0 Å². The number of hydrogen-bond donors (Lipinski definition) is 1. The van der Waals surface area contributed by atoms with Crippen molar-refractivity contribution >= 4 is 0 Å². The van der Waals surface area contributed by atoms with E-state index in [4.69, 9.17) is 9.84 Å². The maximum Gasteiger partial charge on any atom is 0.126 e. The van der Waals surface area contributed by atoms with Crippen molar-refractivity contribution in [3.05, 3.63) is 53.1 Å². The summed E-state index contributed by atoms with van der Waals surface area (Å²) in [5.41, 5.74) is 3.49. The van der Waals surface area contributed by atoms with Crippen LogP contribution in [-0.4, -0.2) is 39.8 Å². The standard InChI is InChI=1S/C18H25N3O2/c1-14-18-19-11-17(7-10-23-2)21(18)9-8-20(14)12-15-3-5-16(13-22)6-4-15/h3-6,11,14,22H,7-10,12-13H2,1-2H3/t14-/m1/s1. The number of benzene rings is 1. The zero-order valence-electron chi connectivity index (χ0n) is 13.9. The van der Waals surface area contributed by atoms with Crippen LogP contribution in [0.25, 0.3) is 0 Å². The lowest BCUT2D eigenvalue weighted by molar-refractivity contribution is 0.153. The number of rotatable bonds is 6. The van der Waals surface area contributed by atoms with Crippen molar-refractivity contribution in [1.82, 2.24) is 14.5 Å². The summed E-state index contributed by atoms with van der Waals surface area (Å²) in [6, 6.07) is 8.49. The number of methoxy groups -OCH3 is 1. The Balaban J connectivity index is 1.70. The van der Waals surface area contributed by atoms with Gasteiger partial charge in [-0.1, -0.05) is 24.3 Å². The van der Waals surface area contributed by atoms with E-state index in [0.29, 0.717) is 6.04 Å². The Morgan fingerprint density at radius 2 is 1.96 bits per heavy atom. The molecule has 5 heteroatoms. The van der Waals surface area contributed by atoms with Gasteiger partial charge in [0.2, 0.25) is 0 Å². The molecule has 0 aliphatic carbocycles. The second-order valence-electron chi connectivity index (χ2n) is 6.12. The maximum atomic E-state index is 9.13. The molecule has 23 heavy (non-hydrogen) atoms. The second kappa shape index (κ2) is 7.25. The van der Waals surface area contributed by atoms with Crippen LogP contribution in [0.1, 0.15) is 35.6 Å². The Kier molecular flexibility index (Phi) is 5.10. The summed E-state index contributed by atoms with van der Waals surface area (Å²) in [5, 5.41) is 9.13. The van der Waals surface area contributed by atoms with Gasteiger partial charge < -0.3 is 14.4 Å². The predicted molar refractivity (Wildman–Crippen MR) is 89.0 cm³/mol. The summed E-state index contributed by atoms with van der Waals surface area (Å²) in [6.07, 6.45) is 2.91. The first kappa shape index (κ1) is 16.2. The van der Waals surface area contributed by atoms with Crippen LogP contribution in [0.4, 0.5) is 0 Å². The summed E-state index contributed by atoms with van der Waals surface area (Å²) < 4.78 is 7.52. The Labute approximate surface area is 137 Å². The van der Waals surface area contributed by atoms with E-state index < -0.39 is 0 Å². The summed E-state index contributed by atoms with van der Waals surface area (Å²) in [4.78, 5) is 7.10. The average Bonchev–Trinajstić information content (AvgIpc) is 3.00. The van der Waals surface area contributed by atoms with Crippen molar-refractivity contribution in [3.63, 3.8) is 0 Å². The van der Waals surface area contributed by atoms with Crippen LogP contribution in [0.15, 0.2) is 30.5 Å². The molecule has 2 heterocycles. The van der Waals surface area contributed by atoms with Crippen LogP contribution in [0.5, 0.6) is 0 Å². The van der Waals surface area contributed by atoms with E-state index in [1.165, 1.54) is 11.3 Å². The number of imidazole rings is 1. The molecule has 1 aromatic heterocycles. The van der Waals surface area contributed by atoms with Gasteiger partial charge in [0, 0.05) is 45.1 Å². The van der Waals surface area contributed by atoms with Crippen LogP contribution in [0.2, 0.25) is 0 Å². The van der Waals surface area contributed by atoms with Gasteiger partial charge in [-0.2, -0.15) is 0 Å². The third kappa shape index (κ3) is 3.47. The molecule has 2 aromatic rings. The smallest absolute Gasteiger partial charge is 0.126 e. The number of fused-ring (bicyclic) bond motifs is 1. The molecule has 1 atom stereocenters. The zero-order valence-corrected chi connectivity index (χ0v) is 13.9. The van der Waals surface area contributed by atoms with Crippen molar-refractivity contribution < 1.29 is 9.84 Å². The molecule has 1 aliphatic heterocycles. The summed E-state index contributed by atoms with van der Waals surface area (Å²) in [7, 11) is 1.74. The lowest BCUT2D eigenvalue weighted by Gasteiger charge is -2.34. The molecule has 0 radical (unpaired) electrons. The molecule has 0 bridgehead atoms. The molecule has 0 unspecified atom stereocenters. The monoisotopic (exact) mass is 315 g/mol.